The molecule has 6 nitrogen and oxygen atoms in total. The van der Waals surface area contributed by atoms with Crippen molar-refractivity contribution < 1.29 is 24.2 Å². The molecule has 1 saturated heterocycles. The fourth-order valence-electron chi connectivity index (χ4n) is 2.46. The third-order valence-corrected chi connectivity index (χ3v) is 3.65. The van der Waals surface area contributed by atoms with Gasteiger partial charge in [0.2, 0.25) is 0 Å². The van der Waals surface area contributed by atoms with Crippen LogP contribution < -0.4 is 0 Å². The zero-order valence-electron chi connectivity index (χ0n) is 12.0. The summed E-state index contributed by atoms with van der Waals surface area (Å²) < 4.78 is 5.01. The summed E-state index contributed by atoms with van der Waals surface area (Å²) in [6.07, 6.45) is -0.703. The molecular weight excluding hydrogens is 298 g/mol. The molecule has 0 spiro atoms. The maximum Gasteiger partial charge on any atom is 0.417 e. The lowest BCUT2D eigenvalue weighted by atomic mass is 10.1. The molecule has 2 aromatic rings. The van der Waals surface area contributed by atoms with Crippen LogP contribution in [-0.4, -0.2) is 34.6 Å². The van der Waals surface area contributed by atoms with Gasteiger partial charge in [0.25, 0.3) is 5.91 Å². The van der Waals surface area contributed by atoms with Gasteiger partial charge in [-0.05, 0) is 29.8 Å². The maximum atomic E-state index is 12.6. The molecule has 2 aromatic carbocycles. The highest BCUT2D eigenvalue weighted by molar-refractivity contribution is 6.04. The first kappa shape index (κ1) is 14.8. The van der Waals surface area contributed by atoms with Gasteiger partial charge < -0.3 is 9.84 Å². The lowest BCUT2D eigenvalue weighted by molar-refractivity contribution is 0.0693. The van der Waals surface area contributed by atoms with Crippen molar-refractivity contribution in [2.24, 2.45) is 0 Å². The Morgan fingerprint density at radius 1 is 1.00 bits per heavy atom. The zero-order chi connectivity index (χ0) is 16.4. The van der Waals surface area contributed by atoms with Gasteiger partial charge in [0, 0.05) is 5.56 Å². The second-order valence-corrected chi connectivity index (χ2v) is 5.06. The van der Waals surface area contributed by atoms with Crippen molar-refractivity contribution in [3.8, 4) is 0 Å². The van der Waals surface area contributed by atoms with E-state index in [9.17, 15) is 14.4 Å². The summed E-state index contributed by atoms with van der Waals surface area (Å²) in [5, 5.41) is 8.89. The number of aromatic carboxylic acids is 1. The molecule has 116 valence electrons. The Morgan fingerprint density at radius 2 is 1.61 bits per heavy atom. The Bertz CT molecular complexity index is 754. The Balaban J connectivity index is 1.90. The number of nitrogens with zero attached hydrogens (tertiary/aromatic N) is 1. The lowest BCUT2D eigenvalue weighted by Crippen LogP contribution is -2.34. The number of carbonyl (C=O) groups is 3. The number of benzene rings is 2. The molecule has 3 rings (SSSR count). The third kappa shape index (κ3) is 2.78. The minimum Gasteiger partial charge on any atom is -0.478 e. The van der Waals surface area contributed by atoms with Gasteiger partial charge in [-0.2, -0.15) is 0 Å². The SMILES string of the molecule is O=C(O)c1ccc(C(=O)N2C(=O)OCC2c2ccccc2)cc1. The largest absolute Gasteiger partial charge is 0.478 e. The predicted octanol–water partition coefficient (Wildman–Crippen LogP) is 2.72. The van der Waals surface area contributed by atoms with Gasteiger partial charge in [0.05, 0.1) is 5.56 Å². The van der Waals surface area contributed by atoms with E-state index in [2.05, 4.69) is 0 Å². The molecule has 0 aliphatic carbocycles. The summed E-state index contributed by atoms with van der Waals surface area (Å²) in [5.41, 5.74) is 1.11. The van der Waals surface area contributed by atoms with E-state index in [1.807, 2.05) is 30.3 Å². The number of cyclic esters (lactones) is 1. The molecule has 1 heterocycles. The van der Waals surface area contributed by atoms with E-state index in [0.29, 0.717) is 0 Å². The summed E-state index contributed by atoms with van der Waals surface area (Å²) in [6.45, 7) is 0.0990. The number of hydrogen-bond acceptors (Lipinski definition) is 4. The van der Waals surface area contributed by atoms with Crippen LogP contribution in [0, 0.1) is 0 Å². The molecule has 1 aliphatic heterocycles. The molecule has 2 amide bonds. The molecule has 0 saturated carbocycles. The van der Waals surface area contributed by atoms with Gasteiger partial charge in [-0.15, -0.1) is 0 Å². The van der Waals surface area contributed by atoms with Crippen LogP contribution in [-0.2, 0) is 4.74 Å². The van der Waals surface area contributed by atoms with Crippen LogP contribution in [0.4, 0.5) is 4.79 Å². The van der Waals surface area contributed by atoms with E-state index >= 15 is 0 Å². The van der Waals surface area contributed by atoms with Crippen molar-refractivity contribution in [3.05, 3.63) is 71.3 Å². The number of carboxylic acids is 1. The topological polar surface area (TPSA) is 83.9 Å². The van der Waals surface area contributed by atoms with Crippen LogP contribution >= 0.6 is 0 Å². The fraction of sp³-hybridized carbons (Fsp3) is 0.118. The fourth-order valence-corrected chi connectivity index (χ4v) is 2.46. The van der Waals surface area contributed by atoms with Gasteiger partial charge in [0.1, 0.15) is 12.6 Å². The summed E-state index contributed by atoms with van der Waals surface area (Å²) in [6, 6.07) is 14.1. The van der Waals surface area contributed by atoms with Crippen molar-refractivity contribution in [1.82, 2.24) is 4.90 Å². The van der Waals surface area contributed by atoms with Crippen molar-refractivity contribution in [1.29, 1.82) is 0 Å². The highest BCUT2D eigenvalue weighted by atomic mass is 16.6. The van der Waals surface area contributed by atoms with Gasteiger partial charge >= 0.3 is 12.1 Å². The smallest absolute Gasteiger partial charge is 0.417 e. The molecule has 0 aromatic heterocycles. The quantitative estimate of drug-likeness (QED) is 0.942. The van der Waals surface area contributed by atoms with Gasteiger partial charge in [0.15, 0.2) is 0 Å². The molecular formula is C17H13NO5. The highest BCUT2D eigenvalue weighted by Gasteiger charge is 2.39. The maximum absolute atomic E-state index is 12.6. The Morgan fingerprint density at radius 3 is 2.22 bits per heavy atom. The van der Waals surface area contributed by atoms with Crippen LogP contribution in [0.15, 0.2) is 54.6 Å². The summed E-state index contributed by atoms with van der Waals surface area (Å²) in [5.74, 6) is -1.59. The van der Waals surface area contributed by atoms with Gasteiger partial charge in [-0.25, -0.2) is 14.5 Å². The Labute approximate surface area is 131 Å². The van der Waals surface area contributed by atoms with E-state index in [1.165, 1.54) is 24.3 Å². The normalized spacial score (nSPS) is 17.0. The third-order valence-electron chi connectivity index (χ3n) is 3.65. The predicted molar refractivity (Wildman–Crippen MR) is 80.1 cm³/mol. The van der Waals surface area contributed by atoms with Crippen LogP contribution in [0.5, 0.6) is 0 Å². The molecule has 0 radical (unpaired) electrons. The van der Waals surface area contributed by atoms with E-state index in [-0.39, 0.29) is 17.7 Å². The number of hydrogen-bond donors (Lipinski definition) is 1. The number of imide groups is 1. The first-order chi connectivity index (χ1) is 11.1. The van der Waals surface area contributed by atoms with Crippen LogP contribution in [0.3, 0.4) is 0 Å². The molecule has 23 heavy (non-hydrogen) atoms. The molecule has 6 heteroatoms. The standard InChI is InChI=1S/C17H13NO5/c19-15(12-6-8-13(9-7-12)16(20)21)18-14(10-23-17(18)22)11-4-2-1-3-5-11/h1-9,14H,10H2,(H,20,21). The first-order valence-corrected chi connectivity index (χ1v) is 6.96. The second kappa shape index (κ2) is 5.92. The van der Waals surface area contributed by atoms with Crippen LogP contribution in [0.25, 0.3) is 0 Å². The average Bonchev–Trinajstić information content (AvgIpc) is 2.96. The number of carbonyl (C=O) groups excluding carboxylic acids is 2. The molecule has 1 atom stereocenters. The number of rotatable bonds is 3. The Hall–Kier alpha value is -3.15. The minimum atomic E-state index is -1.08. The highest BCUT2D eigenvalue weighted by Crippen LogP contribution is 2.29. The van der Waals surface area contributed by atoms with Crippen LogP contribution in [0.2, 0.25) is 0 Å². The van der Waals surface area contributed by atoms with Gasteiger partial charge in [-0.3, -0.25) is 4.79 Å². The summed E-state index contributed by atoms with van der Waals surface area (Å²) in [7, 11) is 0. The number of carboxylic acid groups (broad SMARTS) is 1. The van der Waals surface area contributed by atoms with Gasteiger partial charge in [-0.1, -0.05) is 30.3 Å². The summed E-state index contributed by atoms with van der Waals surface area (Å²) >= 11 is 0. The number of amides is 2. The molecule has 1 N–H and O–H groups in total. The van der Waals surface area contributed by atoms with Crippen molar-refractivity contribution in [2.45, 2.75) is 6.04 Å². The average molecular weight is 311 g/mol. The molecule has 0 bridgehead atoms. The van der Waals surface area contributed by atoms with E-state index in [4.69, 9.17) is 9.84 Å². The Kier molecular flexibility index (Phi) is 3.80. The first-order valence-electron chi connectivity index (χ1n) is 6.96. The minimum absolute atomic E-state index is 0.0742. The van der Waals surface area contributed by atoms with Crippen molar-refractivity contribution >= 4 is 18.0 Å². The van der Waals surface area contributed by atoms with Crippen LogP contribution in [0.1, 0.15) is 32.3 Å². The van der Waals surface area contributed by atoms with E-state index in [1.54, 1.807) is 0 Å². The second-order valence-electron chi connectivity index (χ2n) is 5.06. The summed E-state index contributed by atoms with van der Waals surface area (Å²) in [4.78, 5) is 36.5. The van der Waals surface area contributed by atoms with Crippen molar-refractivity contribution in [3.63, 3.8) is 0 Å². The van der Waals surface area contributed by atoms with E-state index < -0.39 is 24.0 Å². The molecule has 1 aliphatic rings. The van der Waals surface area contributed by atoms with E-state index in [0.717, 1.165) is 10.5 Å². The van der Waals surface area contributed by atoms with Crippen molar-refractivity contribution in [2.75, 3.05) is 6.61 Å². The monoisotopic (exact) mass is 311 g/mol. The lowest BCUT2D eigenvalue weighted by Gasteiger charge is -2.20. The molecule has 1 unspecified atom stereocenters. The number of ether oxygens (including phenoxy) is 1. The zero-order valence-corrected chi connectivity index (χ0v) is 12.0. The molecule has 1 fully saturated rings.